The van der Waals surface area contributed by atoms with Crippen LogP contribution in [0.4, 0.5) is 4.79 Å². The summed E-state index contributed by atoms with van der Waals surface area (Å²) in [5.74, 6) is 0.347. The van der Waals surface area contributed by atoms with E-state index in [-0.39, 0.29) is 6.09 Å². The lowest BCUT2D eigenvalue weighted by atomic mass is 9.90. The fraction of sp³-hybridized carbons (Fsp3) is 0.438. The van der Waals surface area contributed by atoms with Crippen LogP contribution < -0.4 is 0 Å². The van der Waals surface area contributed by atoms with E-state index < -0.39 is 5.60 Å². The van der Waals surface area contributed by atoms with Gasteiger partial charge < -0.3 is 9.64 Å². The van der Waals surface area contributed by atoms with E-state index in [1.807, 2.05) is 32.9 Å². The number of ether oxygens (including phenoxy) is 1. The van der Waals surface area contributed by atoms with Gasteiger partial charge in [0.1, 0.15) is 11.3 Å². The van der Waals surface area contributed by atoms with Gasteiger partial charge >= 0.3 is 6.09 Å². The number of likely N-dealkylation sites (tertiary alicyclic amines) is 1. The molecule has 1 saturated heterocycles. The number of hydrogen-bond donors (Lipinski definition) is 1. The van der Waals surface area contributed by atoms with Crippen LogP contribution in [0.25, 0.3) is 11.3 Å². The number of H-pyrrole nitrogens is 1. The summed E-state index contributed by atoms with van der Waals surface area (Å²) in [5.41, 5.74) is 2.61. The van der Waals surface area contributed by atoms with Gasteiger partial charge in [-0.3, -0.25) is 5.10 Å². The number of hydrogen-bond acceptors (Lipinski definition) is 4. The van der Waals surface area contributed by atoms with Crippen molar-refractivity contribution in [3.8, 4) is 11.3 Å². The van der Waals surface area contributed by atoms with E-state index in [0.29, 0.717) is 19.0 Å². The van der Waals surface area contributed by atoms with Crippen molar-refractivity contribution >= 4 is 6.09 Å². The highest BCUT2D eigenvalue weighted by atomic mass is 16.6. The summed E-state index contributed by atoms with van der Waals surface area (Å²) in [6, 6.07) is 8.21. The second-order valence-electron chi connectivity index (χ2n) is 6.57. The first-order valence-electron chi connectivity index (χ1n) is 7.37. The molecule has 0 atom stereocenters. The Morgan fingerprint density at radius 2 is 2.14 bits per heavy atom. The van der Waals surface area contributed by atoms with Crippen molar-refractivity contribution in [3.63, 3.8) is 0 Å². The van der Waals surface area contributed by atoms with Crippen molar-refractivity contribution in [2.75, 3.05) is 13.1 Å². The van der Waals surface area contributed by atoms with Crippen molar-refractivity contribution in [3.05, 3.63) is 36.0 Å². The molecule has 2 aromatic rings. The minimum absolute atomic E-state index is 0.239. The Morgan fingerprint density at radius 1 is 1.36 bits per heavy atom. The van der Waals surface area contributed by atoms with Gasteiger partial charge in [-0.05, 0) is 32.4 Å². The maximum absolute atomic E-state index is 12.0. The molecule has 0 saturated carbocycles. The molecule has 1 aliphatic heterocycles. The molecule has 1 N–H and O–H groups in total. The summed E-state index contributed by atoms with van der Waals surface area (Å²) in [4.78, 5) is 13.7. The van der Waals surface area contributed by atoms with Crippen LogP contribution in [0.3, 0.4) is 0 Å². The van der Waals surface area contributed by atoms with Gasteiger partial charge in [-0.2, -0.15) is 0 Å². The molecule has 0 radical (unpaired) electrons. The third kappa shape index (κ3) is 3.10. The molecule has 3 rings (SSSR count). The van der Waals surface area contributed by atoms with Crippen LogP contribution in [0.15, 0.2) is 30.5 Å². The molecule has 1 aromatic carbocycles. The molecule has 0 unspecified atom stereocenters. The highest BCUT2D eigenvalue weighted by Gasteiger charge is 2.34. The molecule has 116 valence electrons. The first-order chi connectivity index (χ1) is 10.4. The van der Waals surface area contributed by atoms with Gasteiger partial charge in [0, 0.05) is 30.8 Å². The highest BCUT2D eigenvalue weighted by Crippen LogP contribution is 2.30. The summed E-state index contributed by atoms with van der Waals surface area (Å²) in [5, 5.41) is 10.5. The number of nitrogens with zero attached hydrogens (tertiary/aromatic N) is 3. The van der Waals surface area contributed by atoms with Gasteiger partial charge in [-0.1, -0.05) is 23.4 Å². The summed E-state index contributed by atoms with van der Waals surface area (Å²) in [7, 11) is 0. The zero-order chi connectivity index (χ0) is 15.7. The quantitative estimate of drug-likeness (QED) is 0.925. The van der Waals surface area contributed by atoms with Gasteiger partial charge in [0.15, 0.2) is 0 Å². The molecule has 1 aromatic heterocycles. The van der Waals surface area contributed by atoms with Crippen molar-refractivity contribution in [1.29, 1.82) is 0 Å². The Balaban J connectivity index is 1.64. The predicted molar refractivity (Wildman–Crippen MR) is 82.4 cm³/mol. The molecule has 0 aliphatic carbocycles. The average molecular weight is 300 g/mol. The number of aromatic nitrogens is 3. The fourth-order valence-electron chi connectivity index (χ4n) is 2.46. The van der Waals surface area contributed by atoms with Crippen LogP contribution in [0, 0.1) is 0 Å². The van der Waals surface area contributed by atoms with Gasteiger partial charge in [0.05, 0.1) is 0 Å². The number of amides is 1. The zero-order valence-electron chi connectivity index (χ0n) is 13.0. The molecule has 2 heterocycles. The van der Waals surface area contributed by atoms with Gasteiger partial charge in [0.25, 0.3) is 0 Å². The Labute approximate surface area is 129 Å². The second kappa shape index (κ2) is 5.44. The maximum Gasteiger partial charge on any atom is 0.410 e. The molecule has 22 heavy (non-hydrogen) atoms. The van der Waals surface area contributed by atoms with E-state index in [9.17, 15) is 4.79 Å². The first kappa shape index (κ1) is 14.6. The normalized spacial score (nSPS) is 15.5. The first-order valence-corrected chi connectivity index (χ1v) is 7.37. The fourth-order valence-corrected chi connectivity index (χ4v) is 2.46. The molecule has 0 spiro atoms. The third-order valence-corrected chi connectivity index (χ3v) is 3.60. The number of carbonyl (C=O) groups excluding carboxylic acids is 1. The van der Waals surface area contributed by atoms with Gasteiger partial charge in [-0.15, -0.1) is 5.10 Å². The smallest absolute Gasteiger partial charge is 0.410 e. The minimum Gasteiger partial charge on any atom is -0.444 e. The zero-order valence-corrected chi connectivity index (χ0v) is 13.0. The van der Waals surface area contributed by atoms with E-state index in [0.717, 1.165) is 11.3 Å². The van der Waals surface area contributed by atoms with Crippen molar-refractivity contribution in [2.45, 2.75) is 32.3 Å². The summed E-state index contributed by atoms with van der Waals surface area (Å²) in [6.45, 7) is 7.02. The largest absolute Gasteiger partial charge is 0.444 e. The molecule has 1 amide bonds. The minimum atomic E-state index is -0.449. The topological polar surface area (TPSA) is 71.1 Å². The third-order valence-electron chi connectivity index (χ3n) is 3.60. The molecular formula is C16H20N4O2. The number of benzene rings is 1. The Kier molecular flexibility index (Phi) is 3.60. The second-order valence-corrected chi connectivity index (χ2v) is 6.57. The molecule has 6 heteroatoms. The Morgan fingerprint density at radius 3 is 2.77 bits per heavy atom. The molecule has 1 aliphatic rings. The average Bonchev–Trinajstić information content (AvgIpc) is 2.88. The van der Waals surface area contributed by atoms with Crippen LogP contribution in [0.5, 0.6) is 0 Å². The summed E-state index contributed by atoms with van der Waals surface area (Å²) >= 11 is 0. The van der Waals surface area contributed by atoms with E-state index in [2.05, 4.69) is 27.5 Å². The predicted octanol–water partition coefficient (Wildman–Crippen LogP) is 2.81. The summed E-state index contributed by atoms with van der Waals surface area (Å²) in [6.07, 6.45) is 1.53. The van der Waals surface area contributed by atoms with Crippen molar-refractivity contribution in [2.24, 2.45) is 0 Å². The number of aromatic amines is 1. The van der Waals surface area contributed by atoms with Crippen LogP contribution in [0.1, 0.15) is 32.3 Å². The Bertz CT molecular complexity index is 655. The lowest BCUT2D eigenvalue weighted by molar-refractivity contribution is 0.00820. The molecular weight excluding hydrogens is 280 g/mol. The lowest BCUT2D eigenvalue weighted by Gasteiger charge is -2.40. The van der Waals surface area contributed by atoms with Gasteiger partial charge in [-0.25, -0.2) is 4.79 Å². The standard InChI is InChI=1S/C16H20N4O2/c1-16(2,3)22-15(21)20-9-13(10-20)11-5-4-6-12(7-11)14-8-17-19-18-14/h4-8,13H,9-10H2,1-3H3,(H,17,18,19). The van der Waals surface area contributed by atoms with Crippen LogP contribution in [-0.4, -0.2) is 45.1 Å². The van der Waals surface area contributed by atoms with Crippen LogP contribution >= 0.6 is 0 Å². The number of rotatable bonds is 2. The van der Waals surface area contributed by atoms with Crippen LogP contribution in [-0.2, 0) is 4.74 Å². The van der Waals surface area contributed by atoms with E-state index in [1.54, 1.807) is 11.1 Å². The molecule has 6 nitrogen and oxygen atoms in total. The van der Waals surface area contributed by atoms with Crippen molar-refractivity contribution < 1.29 is 9.53 Å². The Hall–Kier alpha value is -2.37. The van der Waals surface area contributed by atoms with E-state index in [1.165, 1.54) is 5.56 Å². The summed E-state index contributed by atoms with van der Waals surface area (Å²) < 4.78 is 5.37. The SMILES string of the molecule is CC(C)(C)OC(=O)N1CC(c2cccc(-c3c[nH]nn3)c2)C1. The highest BCUT2D eigenvalue weighted by molar-refractivity contribution is 5.70. The maximum atomic E-state index is 12.0. The molecule has 0 bridgehead atoms. The lowest BCUT2D eigenvalue weighted by Crippen LogP contribution is -2.50. The van der Waals surface area contributed by atoms with E-state index in [4.69, 9.17) is 4.74 Å². The van der Waals surface area contributed by atoms with E-state index >= 15 is 0 Å². The van der Waals surface area contributed by atoms with Gasteiger partial charge in [0.2, 0.25) is 0 Å². The van der Waals surface area contributed by atoms with Crippen molar-refractivity contribution in [1.82, 2.24) is 20.3 Å². The molecule has 1 fully saturated rings. The number of carbonyl (C=O) groups is 1. The number of nitrogens with one attached hydrogen (secondary N) is 1. The monoisotopic (exact) mass is 300 g/mol. The van der Waals surface area contributed by atoms with Crippen LogP contribution in [0.2, 0.25) is 0 Å².